The van der Waals surface area contributed by atoms with Gasteiger partial charge < -0.3 is 9.68 Å². The van der Waals surface area contributed by atoms with Gasteiger partial charge in [-0.05, 0) is 48.2 Å². The van der Waals surface area contributed by atoms with Crippen LogP contribution in [0.2, 0.25) is 0 Å². The molecule has 9 nitrogen and oxygen atoms in total. The summed E-state index contributed by atoms with van der Waals surface area (Å²) >= 11 is 0. The summed E-state index contributed by atoms with van der Waals surface area (Å²) in [5, 5.41) is 19.6. The Labute approximate surface area is 184 Å². The number of nitro groups is 1. The number of oxime groups is 2. The minimum atomic E-state index is -0.578. The van der Waals surface area contributed by atoms with Crippen molar-refractivity contribution in [2.45, 2.75) is 47.0 Å². The van der Waals surface area contributed by atoms with Gasteiger partial charge in [0.1, 0.15) is 0 Å². The second kappa shape index (κ2) is 8.33. The first-order valence-corrected chi connectivity index (χ1v) is 9.86. The first-order valence-electron chi connectivity index (χ1n) is 9.86. The Balaban J connectivity index is 2.19. The van der Waals surface area contributed by atoms with Gasteiger partial charge in [0, 0.05) is 30.9 Å². The Bertz CT molecular complexity index is 1210. The first-order chi connectivity index (χ1) is 14.9. The van der Waals surface area contributed by atoms with E-state index in [-0.39, 0.29) is 5.69 Å². The number of nitro benzene ring substituents is 1. The molecule has 9 heteroatoms. The van der Waals surface area contributed by atoms with Crippen LogP contribution in [0.25, 0.3) is 11.1 Å². The predicted molar refractivity (Wildman–Crippen MR) is 119 cm³/mol. The van der Waals surface area contributed by atoms with Crippen molar-refractivity contribution in [3.05, 3.63) is 62.7 Å². The predicted octanol–water partition coefficient (Wildman–Crippen LogP) is 4.48. The van der Waals surface area contributed by atoms with E-state index in [1.54, 1.807) is 19.9 Å². The SMILES string of the molecule is CC(=O)O/N=C(\C)c1ccc2c(c1)C(C)(C)c1cc(/C(C)=N/OC(C)=O)cc([N+](=O)[O-])c1-2. The van der Waals surface area contributed by atoms with Gasteiger partial charge in [0.05, 0.1) is 21.9 Å². The molecule has 0 fully saturated rings. The molecule has 0 saturated carbocycles. The van der Waals surface area contributed by atoms with Crippen molar-refractivity contribution in [3.63, 3.8) is 0 Å². The minimum absolute atomic E-state index is 0.0558. The normalized spacial score (nSPS) is 14.4. The molecule has 0 atom stereocenters. The fraction of sp³-hybridized carbons (Fsp3) is 0.304. The molecule has 0 heterocycles. The quantitative estimate of drug-likeness (QED) is 0.294. The largest absolute Gasteiger partial charge is 0.331 e. The molecule has 2 aromatic rings. The van der Waals surface area contributed by atoms with E-state index in [1.807, 2.05) is 32.0 Å². The molecule has 0 aromatic heterocycles. The van der Waals surface area contributed by atoms with Gasteiger partial charge in [0.15, 0.2) is 0 Å². The van der Waals surface area contributed by atoms with Crippen LogP contribution in [0.5, 0.6) is 0 Å². The minimum Gasteiger partial charge on any atom is -0.318 e. The molecule has 0 aliphatic heterocycles. The van der Waals surface area contributed by atoms with Crippen LogP contribution in [0.4, 0.5) is 5.69 Å². The number of benzene rings is 2. The van der Waals surface area contributed by atoms with E-state index in [2.05, 4.69) is 10.3 Å². The number of carbonyl (C=O) groups is 2. The molecule has 2 aromatic carbocycles. The highest BCUT2D eigenvalue weighted by atomic mass is 16.7. The monoisotopic (exact) mass is 437 g/mol. The highest BCUT2D eigenvalue weighted by Gasteiger charge is 2.40. The average molecular weight is 437 g/mol. The highest BCUT2D eigenvalue weighted by molar-refractivity contribution is 6.03. The maximum Gasteiger partial charge on any atom is 0.331 e. The zero-order valence-corrected chi connectivity index (χ0v) is 18.7. The van der Waals surface area contributed by atoms with Crippen molar-refractivity contribution < 1.29 is 24.2 Å². The highest BCUT2D eigenvalue weighted by Crippen LogP contribution is 2.52. The molecule has 0 unspecified atom stereocenters. The van der Waals surface area contributed by atoms with E-state index in [4.69, 9.17) is 9.68 Å². The van der Waals surface area contributed by atoms with Crippen LogP contribution < -0.4 is 0 Å². The molecule has 0 saturated heterocycles. The van der Waals surface area contributed by atoms with Crippen LogP contribution in [0.3, 0.4) is 0 Å². The van der Waals surface area contributed by atoms with Crippen molar-refractivity contribution in [3.8, 4) is 11.1 Å². The van der Waals surface area contributed by atoms with Crippen molar-refractivity contribution >= 4 is 29.0 Å². The molecular weight excluding hydrogens is 414 g/mol. The maximum absolute atomic E-state index is 12.0. The van der Waals surface area contributed by atoms with Gasteiger partial charge in [0.25, 0.3) is 5.69 Å². The van der Waals surface area contributed by atoms with Crippen LogP contribution in [0.1, 0.15) is 63.8 Å². The van der Waals surface area contributed by atoms with Gasteiger partial charge in [-0.15, -0.1) is 0 Å². The molecular formula is C23H23N3O6. The van der Waals surface area contributed by atoms with E-state index >= 15 is 0 Å². The lowest BCUT2D eigenvalue weighted by molar-refractivity contribution is -0.384. The summed E-state index contributed by atoms with van der Waals surface area (Å²) in [5.74, 6) is -1.10. The zero-order chi connectivity index (χ0) is 23.8. The second-order valence-electron chi connectivity index (χ2n) is 8.08. The Morgan fingerprint density at radius 2 is 1.41 bits per heavy atom. The van der Waals surface area contributed by atoms with Gasteiger partial charge in [-0.3, -0.25) is 10.1 Å². The lowest BCUT2D eigenvalue weighted by Gasteiger charge is -2.22. The third kappa shape index (κ3) is 4.14. The average Bonchev–Trinajstić information content (AvgIpc) is 2.96. The van der Waals surface area contributed by atoms with Crippen molar-refractivity contribution in [2.24, 2.45) is 10.3 Å². The lowest BCUT2D eigenvalue weighted by Crippen LogP contribution is -2.16. The molecule has 0 amide bonds. The van der Waals surface area contributed by atoms with Crippen LogP contribution >= 0.6 is 0 Å². The Morgan fingerprint density at radius 1 is 0.875 bits per heavy atom. The molecule has 32 heavy (non-hydrogen) atoms. The molecule has 0 radical (unpaired) electrons. The van der Waals surface area contributed by atoms with E-state index in [0.29, 0.717) is 22.6 Å². The standard InChI is InChI=1S/C23H23N3O6/c1-12(24-31-14(3)27)16-7-8-18-19(9-16)23(5,6)20-10-17(13(2)25-32-15(4)28)11-21(22(18)20)26(29)30/h7-11H,1-6H3/b24-12+,25-13+. The molecule has 3 rings (SSSR count). The summed E-state index contributed by atoms with van der Waals surface area (Å²) in [7, 11) is 0. The Morgan fingerprint density at radius 3 is 1.94 bits per heavy atom. The summed E-state index contributed by atoms with van der Waals surface area (Å²) in [5.41, 5.74) is 4.41. The van der Waals surface area contributed by atoms with E-state index in [1.165, 1.54) is 19.9 Å². The van der Waals surface area contributed by atoms with Crippen LogP contribution in [-0.4, -0.2) is 28.3 Å². The third-order valence-electron chi connectivity index (χ3n) is 5.41. The summed E-state index contributed by atoms with van der Waals surface area (Å²) in [6.07, 6.45) is 0. The van der Waals surface area contributed by atoms with Crippen molar-refractivity contribution in [1.29, 1.82) is 0 Å². The van der Waals surface area contributed by atoms with E-state index < -0.39 is 22.3 Å². The molecule has 0 spiro atoms. The fourth-order valence-electron chi connectivity index (χ4n) is 3.78. The van der Waals surface area contributed by atoms with E-state index in [0.717, 1.165) is 22.3 Å². The van der Waals surface area contributed by atoms with Gasteiger partial charge in [0.2, 0.25) is 0 Å². The summed E-state index contributed by atoms with van der Waals surface area (Å²) < 4.78 is 0. The summed E-state index contributed by atoms with van der Waals surface area (Å²) in [6, 6.07) is 8.79. The number of nitrogens with zero attached hydrogens (tertiary/aromatic N) is 3. The van der Waals surface area contributed by atoms with Crippen LogP contribution in [0, 0.1) is 10.1 Å². The summed E-state index contributed by atoms with van der Waals surface area (Å²) in [6.45, 7) is 9.79. The molecule has 1 aliphatic carbocycles. The van der Waals surface area contributed by atoms with Gasteiger partial charge in [-0.25, -0.2) is 9.59 Å². The van der Waals surface area contributed by atoms with E-state index in [9.17, 15) is 19.7 Å². The summed E-state index contributed by atoms with van der Waals surface area (Å²) in [4.78, 5) is 43.1. The topological polar surface area (TPSA) is 120 Å². The lowest BCUT2D eigenvalue weighted by atomic mass is 9.81. The number of rotatable bonds is 5. The number of hydrogen-bond acceptors (Lipinski definition) is 8. The number of hydrogen-bond donors (Lipinski definition) is 0. The number of fused-ring (bicyclic) bond motifs is 3. The van der Waals surface area contributed by atoms with Crippen molar-refractivity contribution in [1.82, 2.24) is 0 Å². The van der Waals surface area contributed by atoms with Gasteiger partial charge in [-0.2, -0.15) is 0 Å². The second-order valence-corrected chi connectivity index (χ2v) is 8.08. The fourth-order valence-corrected chi connectivity index (χ4v) is 3.78. The Kier molecular flexibility index (Phi) is 5.94. The van der Waals surface area contributed by atoms with Gasteiger partial charge in [-0.1, -0.05) is 36.3 Å². The smallest absolute Gasteiger partial charge is 0.318 e. The molecule has 0 N–H and O–H groups in total. The maximum atomic E-state index is 12.0. The first kappa shape index (κ1) is 22.8. The van der Waals surface area contributed by atoms with Crippen LogP contribution in [0.15, 0.2) is 40.6 Å². The zero-order valence-electron chi connectivity index (χ0n) is 18.7. The Hall–Kier alpha value is -3.88. The number of carbonyl (C=O) groups excluding carboxylic acids is 2. The van der Waals surface area contributed by atoms with Crippen molar-refractivity contribution in [2.75, 3.05) is 0 Å². The van der Waals surface area contributed by atoms with Crippen LogP contribution in [-0.2, 0) is 24.7 Å². The molecule has 0 bridgehead atoms. The molecule has 166 valence electrons. The third-order valence-corrected chi connectivity index (χ3v) is 5.41. The molecule has 1 aliphatic rings. The van der Waals surface area contributed by atoms with Gasteiger partial charge >= 0.3 is 11.9 Å².